The Morgan fingerprint density at radius 2 is 1.22 bits per heavy atom. The molecule has 18 heavy (non-hydrogen) atoms. The van der Waals surface area contributed by atoms with Crippen molar-refractivity contribution in [2.75, 3.05) is 14.2 Å². The molecule has 0 aromatic rings. The van der Waals surface area contributed by atoms with Gasteiger partial charge in [0.25, 0.3) is 0 Å². The number of allylic oxidation sites excluding steroid dienone is 2. The van der Waals surface area contributed by atoms with Crippen LogP contribution in [0.15, 0.2) is 12.2 Å². The summed E-state index contributed by atoms with van der Waals surface area (Å²) < 4.78 is 9.72. The Morgan fingerprint density at radius 1 is 0.889 bits per heavy atom. The zero-order valence-corrected chi connectivity index (χ0v) is 11.5. The van der Waals surface area contributed by atoms with E-state index in [1.54, 1.807) is 0 Å². The molecule has 0 heterocycles. The molecule has 0 amide bonds. The molecule has 0 saturated heterocycles. The maximum Gasteiger partial charge on any atom is 0.310 e. The molecule has 0 saturated carbocycles. The van der Waals surface area contributed by atoms with Gasteiger partial charge in [0.2, 0.25) is 0 Å². The number of methoxy groups -OCH3 is 2. The van der Waals surface area contributed by atoms with Gasteiger partial charge < -0.3 is 9.47 Å². The third-order valence-corrected chi connectivity index (χ3v) is 3.80. The van der Waals surface area contributed by atoms with E-state index in [-0.39, 0.29) is 23.8 Å². The van der Waals surface area contributed by atoms with Crippen molar-refractivity contribution in [2.24, 2.45) is 23.7 Å². The first-order valence-electron chi connectivity index (χ1n) is 6.44. The fourth-order valence-corrected chi connectivity index (χ4v) is 2.75. The van der Waals surface area contributed by atoms with Gasteiger partial charge in [0.1, 0.15) is 0 Å². The monoisotopic (exact) mass is 254 g/mol. The van der Waals surface area contributed by atoms with Gasteiger partial charge in [-0.3, -0.25) is 9.59 Å². The van der Waals surface area contributed by atoms with Crippen molar-refractivity contribution in [3.05, 3.63) is 12.2 Å². The number of hydrogen-bond acceptors (Lipinski definition) is 4. The average Bonchev–Trinajstić information content (AvgIpc) is 2.43. The number of rotatable bonds is 4. The minimum absolute atomic E-state index is 0.0457. The topological polar surface area (TPSA) is 52.6 Å². The second-order valence-electron chi connectivity index (χ2n) is 4.63. The van der Waals surface area contributed by atoms with E-state index in [9.17, 15) is 9.59 Å². The second kappa shape index (κ2) is 6.57. The van der Waals surface area contributed by atoms with Crippen molar-refractivity contribution in [2.45, 2.75) is 26.7 Å². The molecule has 0 aromatic heterocycles. The molecule has 0 N–H and O–H groups in total. The summed E-state index contributed by atoms with van der Waals surface area (Å²) in [6, 6.07) is 0. The largest absolute Gasteiger partial charge is 0.469 e. The van der Waals surface area contributed by atoms with Gasteiger partial charge in [0, 0.05) is 0 Å². The highest BCUT2D eigenvalue weighted by Gasteiger charge is 2.44. The SMILES string of the molecule is CC[C@H]1C=C[C@@H](CC)[C@@H](C(=O)OC)[C@@H]1C(=O)OC. The Kier molecular flexibility index (Phi) is 5.38. The van der Waals surface area contributed by atoms with Crippen molar-refractivity contribution >= 4 is 11.9 Å². The Labute approximate surface area is 108 Å². The van der Waals surface area contributed by atoms with Crippen LogP contribution in [-0.4, -0.2) is 26.2 Å². The molecule has 0 unspecified atom stereocenters. The number of ether oxygens (including phenoxy) is 2. The zero-order chi connectivity index (χ0) is 13.7. The molecular formula is C14H22O4. The fraction of sp³-hybridized carbons (Fsp3) is 0.714. The van der Waals surface area contributed by atoms with Gasteiger partial charge in [0.15, 0.2) is 0 Å². The van der Waals surface area contributed by atoms with Crippen molar-refractivity contribution in [3.8, 4) is 0 Å². The van der Waals surface area contributed by atoms with Crippen LogP contribution in [0.1, 0.15) is 26.7 Å². The van der Waals surface area contributed by atoms with E-state index < -0.39 is 11.8 Å². The molecule has 0 fully saturated rings. The summed E-state index contributed by atoms with van der Waals surface area (Å²) in [7, 11) is 2.73. The molecule has 4 nitrogen and oxygen atoms in total. The van der Waals surface area contributed by atoms with Gasteiger partial charge in [0.05, 0.1) is 26.1 Å². The van der Waals surface area contributed by atoms with Crippen molar-refractivity contribution in [1.82, 2.24) is 0 Å². The lowest BCUT2D eigenvalue weighted by Gasteiger charge is -2.35. The first-order chi connectivity index (χ1) is 8.60. The van der Waals surface area contributed by atoms with Crippen LogP contribution in [0.2, 0.25) is 0 Å². The van der Waals surface area contributed by atoms with Crippen LogP contribution in [0.25, 0.3) is 0 Å². The summed E-state index contributed by atoms with van der Waals surface area (Å²) in [5.74, 6) is -1.40. The molecule has 0 bridgehead atoms. The summed E-state index contributed by atoms with van der Waals surface area (Å²) in [6.45, 7) is 4.01. The Hall–Kier alpha value is -1.32. The standard InChI is InChI=1S/C14H22O4/c1-5-9-7-8-10(6-2)12(14(16)18-4)11(9)13(15)17-3/h7-12H,5-6H2,1-4H3/t9-,10+,11-,12-/m1/s1. The van der Waals surface area contributed by atoms with E-state index in [1.807, 2.05) is 26.0 Å². The predicted octanol–water partition coefficient (Wildman–Crippen LogP) is 2.19. The molecule has 1 aliphatic rings. The lowest BCUT2D eigenvalue weighted by atomic mass is 9.69. The molecule has 102 valence electrons. The Morgan fingerprint density at radius 3 is 1.44 bits per heavy atom. The van der Waals surface area contributed by atoms with Gasteiger partial charge >= 0.3 is 11.9 Å². The molecule has 0 spiro atoms. The summed E-state index contributed by atoms with van der Waals surface area (Å²) in [4.78, 5) is 23.9. The average molecular weight is 254 g/mol. The van der Waals surface area contributed by atoms with E-state index >= 15 is 0 Å². The molecule has 1 aliphatic carbocycles. The summed E-state index contributed by atoms with van der Waals surface area (Å²) in [5, 5.41) is 0. The maximum absolute atomic E-state index is 12.0. The van der Waals surface area contributed by atoms with Crippen LogP contribution < -0.4 is 0 Å². The summed E-state index contributed by atoms with van der Waals surface area (Å²) in [6.07, 6.45) is 5.69. The predicted molar refractivity (Wildman–Crippen MR) is 67.7 cm³/mol. The fourth-order valence-electron chi connectivity index (χ4n) is 2.75. The lowest BCUT2D eigenvalue weighted by Crippen LogP contribution is -2.42. The van der Waals surface area contributed by atoms with Gasteiger partial charge in [-0.25, -0.2) is 0 Å². The quantitative estimate of drug-likeness (QED) is 0.570. The smallest absolute Gasteiger partial charge is 0.310 e. The van der Waals surface area contributed by atoms with Crippen LogP contribution in [0.4, 0.5) is 0 Å². The normalized spacial score (nSPS) is 30.9. The molecule has 0 aliphatic heterocycles. The number of carbonyl (C=O) groups is 2. The Bertz CT molecular complexity index is 303. The third-order valence-electron chi connectivity index (χ3n) is 3.80. The van der Waals surface area contributed by atoms with E-state index in [0.717, 1.165) is 12.8 Å². The third kappa shape index (κ3) is 2.74. The number of hydrogen-bond donors (Lipinski definition) is 0. The van der Waals surface area contributed by atoms with Crippen LogP contribution in [0.3, 0.4) is 0 Å². The highest BCUT2D eigenvalue weighted by molar-refractivity contribution is 5.83. The van der Waals surface area contributed by atoms with Crippen molar-refractivity contribution in [1.29, 1.82) is 0 Å². The molecule has 0 aromatic carbocycles. The van der Waals surface area contributed by atoms with Gasteiger partial charge in [-0.15, -0.1) is 0 Å². The lowest BCUT2D eigenvalue weighted by molar-refractivity contribution is -0.161. The van der Waals surface area contributed by atoms with E-state index in [2.05, 4.69) is 0 Å². The number of carbonyl (C=O) groups excluding carboxylic acids is 2. The minimum Gasteiger partial charge on any atom is -0.469 e. The first-order valence-corrected chi connectivity index (χ1v) is 6.44. The van der Waals surface area contributed by atoms with Gasteiger partial charge in [-0.05, 0) is 24.7 Å². The van der Waals surface area contributed by atoms with Crippen LogP contribution >= 0.6 is 0 Å². The molecule has 0 radical (unpaired) electrons. The van der Waals surface area contributed by atoms with Crippen LogP contribution in [0, 0.1) is 23.7 Å². The van der Waals surface area contributed by atoms with Crippen molar-refractivity contribution in [3.63, 3.8) is 0 Å². The van der Waals surface area contributed by atoms with Crippen LogP contribution in [-0.2, 0) is 19.1 Å². The minimum atomic E-state index is -0.428. The van der Waals surface area contributed by atoms with E-state index in [0.29, 0.717) is 0 Å². The van der Waals surface area contributed by atoms with E-state index in [4.69, 9.17) is 9.47 Å². The Balaban J connectivity index is 3.12. The van der Waals surface area contributed by atoms with Crippen LogP contribution in [0.5, 0.6) is 0 Å². The first kappa shape index (κ1) is 14.7. The molecular weight excluding hydrogens is 232 g/mol. The second-order valence-corrected chi connectivity index (χ2v) is 4.63. The summed E-state index contributed by atoms with van der Waals surface area (Å²) in [5.41, 5.74) is 0. The maximum atomic E-state index is 12.0. The highest BCUT2D eigenvalue weighted by atomic mass is 16.5. The van der Waals surface area contributed by atoms with Gasteiger partial charge in [-0.1, -0.05) is 26.0 Å². The molecule has 1 rings (SSSR count). The zero-order valence-electron chi connectivity index (χ0n) is 11.5. The summed E-state index contributed by atoms with van der Waals surface area (Å²) >= 11 is 0. The molecule has 4 heteroatoms. The van der Waals surface area contributed by atoms with Crippen molar-refractivity contribution < 1.29 is 19.1 Å². The van der Waals surface area contributed by atoms with E-state index in [1.165, 1.54) is 14.2 Å². The molecule has 4 atom stereocenters. The van der Waals surface area contributed by atoms with Gasteiger partial charge in [-0.2, -0.15) is 0 Å². The number of esters is 2. The highest BCUT2D eigenvalue weighted by Crippen LogP contribution is 2.38.